The van der Waals surface area contributed by atoms with Crippen LogP contribution in [0.2, 0.25) is 0 Å². The first-order chi connectivity index (χ1) is 28.8. The number of benzene rings is 10. The first-order valence-corrected chi connectivity index (χ1v) is 20.1. The highest BCUT2D eigenvalue weighted by Crippen LogP contribution is 2.52. The second-order valence-electron chi connectivity index (χ2n) is 15.3. The minimum absolute atomic E-state index is 0.0139. The van der Waals surface area contributed by atoms with Gasteiger partial charge in [-0.2, -0.15) is 0 Å². The summed E-state index contributed by atoms with van der Waals surface area (Å²) in [5.74, 6) is 0. The van der Waals surface area contributed by atoms with Gasteiger partial charge in [-0.05, 0) is 87.1 Å². The van der Waals surface area contributed by atoms with Gasteiger partial charge in [-0.15, -0.1) is 0 Å². The molecule has 0 fully saturated rings. The molecule has 0 saturated carbocycles. The lowest BCUT2D eigenvalue weighted by molar-refractivity contribution is 1.23. The Balaban J connectivity index is 1.26. The lowest BCUT2D eigenvalue weighted by atomic mass is 9.33. The average Bonchev–Trinajstić information content (AvgIpc) is 3.29. The van der Waals surface area contributed by atoms with Crippen molar-refractivity contribution in [3.63, 3.8) is 0 Å². The molecule has 0 saturated heterocycles. The van der Waals surface area contributed by atoms with E-state index < -0.39 is 0 Å². The molecule has 0 N–H and O–H groups in total. The highest BCUT2D eigenvalue weighted by Gasteiger charge is 2.45. The van der Waals surface area contributed by atoms with Gasteiger partial charge >= 0.3 is 0 Å². The second-order valence-corrected chi connectivity index (χ2v) is 15.3. The lowest BCUT2D eigenvalue weighted by Crippen LogP contribution is -2.61. The van der Waals surface area contributed by atoms with Gasteiger partial charge in [-0.3, -0.25) is 0 Å². The number of rotatable bonds is 5. The maximum atomic E-state index is 2.57. The average molecular weight is 738 g/mol. The summed E-state index contributed by atoms with van der Waals surface area (Å²) >= 11 is 0. The Labute approximate surface area is 338 Å². The van der Waals surface area contributed by atoms with Crippen molar-refractivity contribution in [2.75, 3.05) is 14.7 Å². The van der Waals surface area contributed by atoms with Crippen LogP contribution in [0.25, 0.3) is 32.3 Å². The predicted molar refractivity (Wildman–Crippen MR) is 248 cm³/mol. The Bertz CT molecular complexity index is 3200. The van der Waals surface area contributed by atoms with Crippen molar-refractivity contribution in [3.8, 4) is 0 Å². The molecule has 270 valence electrons. The number of anilines is 9. The number of nitrogens with zero attached hydrogens (tertiary/aromatic N) is 3. The minimum atomic E-state index is -0.0139. The summed E-state index contributed by atoms with van der Waals surface area (Å²) in [5, 5.41) is 7.27. The van der Waals surface area contributed by atoms with Gasteiger partial charge in [0.25, 0.3) is 6.71 Å². The van der Waals surface area contributed by atoms with Crippen molar-refractivity contribution in [1.82, 2.24) is 0 Å². The molecule has 0 aliphatic carbocycles. The van der Waals surface area contributed by atoms with Gasteiger partial charge in [0, 0.05) is 38.9 Å². The van der Waals surface area contributed by atoms with Crippen LogP contribution >= 0.6 is 0 Å². The highest BCUT2D eigenvalue weighted by atomic mass is 15.2. The van der Waals surface area contributed by atoms with Gasteiger partial charge in [0.05, 0.1) is 28.4 Å². The molecular weight excluding hydrogens is 701 g/mol. The van der Waals surface area contributed by atoms with Gasteiger partial charge in [-0.1, -0.05) is 164 Å². The van der Waals surface area contributed by atoms with Crippen LogP contribution in [-0.2, 0) is 0 Å². The molecule has 0 unspecified atom stereocenters. The molecule has 58 heavy (non-hydrogen) atoms. The maximum absolute atomic E-state index is 2.57. The normalized spacial score (nSPS) is 12.7. The fourth-order valence-electron chi connectivity index (χ4n) is 9.78. The summed E-state index contributed by atoms with van der Waals surface area (Å²) in [6.07, 6.45) is 0. The molecule has 0 amide bonds. The first kappa shape index (κ1) is 32.7. The van der Waals surface area contributed by atoms with E-state index in [1.165, 1.54) is 77.1 Å². The van der Waals surface area contributed by atoms with Crippen LogP contribution in [0.15, 0.2) is 218 Å². The molecule has 2 aliphatic heterocycles. The summed E-state index contributed by atoms with van der Waals surface area (Å²) < 4.78 is 0. The van der Waals surface area contributed by atoms with Crippen molar-refractivity contribution in [2.24, 2.45) is 0 Å². The van der Waals surface area contributed by atoms with E-state index in [0.717, 1.165) is 22.7 Å². The Morgan fingerprint density at radius 3 is 1.43 bits per heavy atom. The van der Waals surface area contributed by atoms with E-state index in [9.17, 15) is 0 Å². The van der Waals surface area contributed by atoms with E-state index in [2.05, 4.69) is 233 Å². The summed E-state index contributed by atoms with van der Waals surface area (Å²) in [5.41, 5.74) is 14.3. The third kappa shape index (κ3) is 4.82. The molecule has 2 aliphatic rings. The van der Waals surface area contributed by atoms with Crippen LogP contribution in [0.5, 0.6) is 0 Å². The Morgan fingerprint density at radius 1 is 0.310 bits per heavy atom. The van der Waals surface area contributed by atoms with Crippen molar-refractivity contribution in [1.29, 1.82) is 0 Å². The third-order valence-electron chi connectivity index (χ3n) is 12.2. The van der Waals surface area contributed by atoms with Crippen LogP contribution < -0.4 is 31.1 Å². The lowest BCUT2D eigenvalue weighted by Gasteiger charge is -2.46. The van der Waals surface area contributed by atoms with E-state index in [1.807, 2.05) is 0 Å². The Kier molecular flexibility index (Phi) is 7.33. The van der Waals surface area contributed by atoms with Crippen LogP contribution in [0.1, 0.15) is 0 Å². The monoisotopic (exact) mass is 737 g/mol. The molecule has 0 spiro atoms. The molecule has 0 atom stereocenters. The predicted octanol–water partition coefficient (Wildman–Crippen LogP) is 12.7. The smallest absolute Gasteiger partial charge is 0.252 e. The third-order valence-corrected chi connectivity index (χ3v) is 12.2. The van der Waals surface area contributed by atoms with E-state index in [-0.39, 0.29) is 6.71 Å². The molecule has 10 aromatic carbocycles. The minimum Gasteiger partial charge on any atom is -0.311 e. The summed E-state index contributed by atoms with van der Waals surface area (Å²) in [6, 6.07) is 80.2. The fraction of sp³-hybridized carbons (Fsp3) is 0. The molecule has 3 nitrogen and oxygen atoms in total. The molecule has 10 aromatic rings. The van der Waals surface area contributed by atoms with Gasteiger partial charge < -0.3 is 14.7 Å². The van der Waals surface area contributed by atoms with Crippen LogP contribution in [0, 0.1) is 0 Å². The van der Waals surface area contributed by atoms with Crippen LogP contribution in [0.4, 0.5) is 51.2 Å². The Morgan fingerprint density at radius 2 is 0.776 bits per heavy atom. The molecular formula is C54H36BN3. The van der Waals surface area contributed by atoms with Gasteiger partial charge in [-0.25, -0.2) is 0 Å². The van der Waals surface area contributed by atoms with Crippen molar-refractivity contribution in [3.05, 3.63) is 218 Å². The first-order valence-electron chi connectivity index (χ1n) is 20.1. The summed E-state index contributed by atoms with van der Waals surface area (Å²) in [7, 11) is 0. The molecule has 0 bridgehead atoms. The number of fused-ring (bicyclic) bond motifs is 7. The van der Waals surface area contributed by atoms with E-state index in [1.54, 1.807) is 0 Å². The second kappa shape index (κ2) is 13.0. The molecule has 0 aromatic heterocycles. The van der Waals surface area contributed by atoms with Crippen molar-refractivity contribution < 1.29 is 0 Å². The molecule has 0 radical (unpaired) electrons. The SMILES string of the molecule is c1ccc(N(c2ccc3c4c2N(c2cccc5ccccc25)c2ccccc2B4c2ccccc2N3c2cccc3ccccc23)c2cccc3ccccc23)cc1. The molecule has 12 rings (SSSR count). The molecule has 2 heterocycles. The maximum Gasteiger partial charge on any atom is 0.252 e. The zero-order valence-corrected chi connectivity index (χ0v) is 31.7. The van der Waals surface area contributed by atoms with Crippen LogP contribution in [-0.4, -0.2) is 6.71 Å². The zero-order valence-electron chi connectivity index (χ0n) is 31.7. The molecule has 4 heteroatoms. The highest BCUT2D eigenvalue weighted by molar-refractivity contribution is 7.00. The number of hydrogen-bond donors (Lipinski definition) is 0. The Hall–Kier alpha value is -7.56. The number of para-hydroxylation sites is 3. The summed E-state index contributed by atoms with van der Waals surface area (Å²) in [6.45, 7) is -0.0139. The van der Waals surface area contributed by atoms with E-state index >= 15 is 0 Å². The standard InChI is InChI=1S/C54H36BN3/c1-2-23-40(24-3-1)56(46-32-14-20-37-17-4-7-25-41(37)46)52-36-35-51-53-54(52)58(48-34-16-22-39-19-6-9-27-43(39)48)50-31-13-11-29-45(50)55(53)44-28-10-12-30-49(44)57(51)47-33-15-21-38-18-5-8-26-42(38)47/h1-36H. The largest absolute Gasteiger partial charge is 0.311 e. The summed E-state index contributed by atoms with van der Waals surface area (Å²) in [4.78, 5) is 7.58. The van der Waals surface area contributed by atoms with Crippen LogP contribution in [0.3, 0.4) is 0 Å². The van der Waals surface area contributed by atoms with E-state index in [4.69, 9.17) is 0 Å². The van der Waals surface area contributed by atoms with E-state index in [0.29, 0.717) is 0 Å². The topological polar surface area (TPSA) is 9.72 Å². The quantitative estimate of drug-likeness (QED) is 0.163. The van der Waals surface area contributed by atoms with Crippen molar-refractivity contribution in [2.45, 2.75) is 0 Å². The zero-order chi connectivity index (χ0) is 38.2. The van der Waals surface area contributed by atoms with Gasteiger partial charge in [0.2, 0.25) is 0 Å². The van der Waals surface area contributed by atoms with Crippen molar-refractivity contribution >= 4 is 107 Å². The number of hydrogen-bond acceptors (Lipinski definition) is 3. The van der Waals surface area contributed by atoms with Gasteiger partial charge in [0.15, 0.2) is 0 Å². The van der Waals surface area contributed by atoms with Gasteiger partial charge in [0.1, 0.15) is 0 Å². The fourth-order valence-corrected chi connectivity index (χ4v) is 9.78.